The molecule has 2 aromatic rings. The molecule has 1 aromatic heterocycles. The van der Waals surface area contributed by atoms with E-state index in [1.807, 2.05) is 6.92 Å². The van der Waals surface area contributed by atoms with Gasteiger partial charge in [0.15, 0.2) is 0 Å². The lowest BCUT2D eigenvalue weighted by molar-refractivity contribution is 0.0312. The molecule has 0 unspecified atom stereocenters. The fourth-order valence-corrected chi connectivity index (χ4v) is 3.81. The maximum atomic E-state index is 14.2. The molecule has 0 fully saturated rings. The molecule has 0 radical (unpaired) electrons. The summed E-state index contributed by atoms with van der Waals surface area (Å²) in [5.74, 6) is 3.86. The van der Waals surface area contributed by atoms with E-state index in [0.29, 0.717) is 5.56 Å². The van der Waals surface area contributed by atoms with Gasteiger partial charge in [-0.2, -0.15) is 0 Å². The van der Waals surface area contributed by atoms with Crippen LogP contribution < -0.4 is 4.74 Å². The van der Waals surface area contributed by atoms with Crippen LogP contribution in [-0.4, -0.2) is 81.3 Å². The monoisotopic (exact) mass is 497 g/mol. The highest BCUT2D eigenvalue weighted by Gasteiger charge is 2.35. The zero-order valence-electron chi connectivity index (χ0n) is 21.2. The van der Waals surface area contributed by atoms with Crippen molar-refractivity contribution in [1.29, 1.82) is 0 Å². The van der Waals surface area contributed by atoms with Crippen LogP contribution in [0.4, 0.5) is 4.39 Å². The van der Waals surface area contributed by atoms with Gasteiger partial charge < -0.3 is 24.7 Å². The summed E-state index contributed by atoms with van der Waals surface area (Å²) in [6.07, 6.45) is 0.870. The minimum absolute atomic E-state index is 0.0437. The summed E-state index contributed by atoms with van der Waals surface area (Å²) >= 11 is 0. The number of nitrogens with zero attached hydrogens (tertiary/aromatic N) is 3. The molecule has 9 heteroatoms. The molecular weight excluding hydrogens is 465 g/mol. The van der Waals surface area contributed by atoms with E-state index in [4.69, 9.17) is 4.74 Å². The average Bonchev–Trinajstić information content (AvgIpc) is 2.83. The largest absolute Gasteiger partial charge is 0.472 e. The highest BCUT2D eigenvalue weighted by Crippen LogP contribution is 2.27. The van der Waals surface area contributed by atoms with E-state index >= 15 is 0 Å². The van der Waals surface area contributed by atoms with Gasteiger partial charge in [0.1, 0.15) is 23.1 Å². The lowest BCUT2D eigenvalue weighted by Crippen LogP contribution is -2.50. The Hall–Kier alpha value is -3.48. The fraction of sp³-hybridized carbons (Fsp3) is 0.444. The second kappa shape index (κ2) is 11.1. The Balaban J connectivity index is 1.97. The van der Waals surface area contributed by atoms with E-state index in [0.717, 1.165) is 0 Å². The molecule has 1 aliphatic heterocycles. The summed E-state index contributed by atoms with van der Waals surface area (Å²) in [6.45, 7) is 6.84. The van der Waals surface area contributed by atoms with Gasteiger partial charge in [-0.25, -0.2) is 9.37 Å². The maximum Gasteiger partial charge on any atom is 0.259 e. The normalized spacial score (nSPS) is 18.7. The Kier molecular flexibility index (Phi) is 8.33. The SMILES string of the molecule is C[C@@H]1CN([C@H](C)CO)C(=O)c2cc(C#CC(C)(C)O)cnc2O[C@H]1CN(C)C(=O)c1ccccc1F. The van der Waals surface area contributed by atoms with Crippen LogP contribution in [-0.2, 0) is 0 Å². The van der Waals surface area contributed by atoms with Crippen molar-refractivity contribution in [2.24, 2.45) is 5.92 Å². The third kappa shape index (κ3) is 6.39. The number of ether oxygens (including phenoxy) is 1. The van der Waals surface area contributed by atoms with E-state index in [-0.39, 0.29) is 48.5 Å². The Labute approximate surface area is 210 Å². The number of aliphatic hydroxyl groups is 2. The quantitative estimate of drug-likeness (QED) is 0.615. The number of carbonyl (C=O) groups excluding carboxylic acids is 2. The van der Waals surface area contributed by atoms with Crippen LogP contribution in [0.2, 0.25) is 0 Å². The smallest absolute Gasteiger partial charge is 0.259 e. The number of fused-ring (bicyclic) bond motifs is 1. The van der Waals surface area contributed by atoms with E-state index < -0.39 is 29.5 Å². The molecule has 3 atom stereocenters. The van der Waals surface area contributed by atoms with E-state index in [1.165, 1.54) is 29.3 Å². The first kappa shape index (κ1) is 27.1. The third-order valence-electron chi connectivity index (χ3n) is 5.94. The van der Waals surface area contributed by atoms with Crippen LogP contribution in [0, 0.1) is 23.6 Å². The summed E-state index contributed by atoms with van der Waals surface area (Å²) in [4.78, 5) is 33.6. The molecule has 1 aliphatic rings. The molecule has 0 saturated heterocycles. The van der Waals surface area contributed by atoms with Gasteiger partial charge in [-0.3, -0.25) is 9.59 Å². The topological polar surface area (TPSA) is 103 Å². The number of aromatic nitrogens is 1. The van der Waals surface area contributed by atoms with E-state index in [1.54, 1.807) is 44.9 Å². The molecule has 0 bridgehead atoms. The Morgan fingerprint density at radius 2 is 2.08 bits per heavy atom. The van der Waals surface area contributed by atoms with Crippen molar-refractivity contribution in [2.75, 3.05) is 26.7 Å². The number of likely N-dealkylation sites (N-methyl/N-ethyl adjacent to an activating group) is 1. The molecule has 1 aromatic carbocycles. The van der Waals surface area contributed by atoms with E-state index in [2.05, 4.69) is 16.8 Å². The first-order valence-electron chi connectivity index (χ1n) is 11.7. The summed E-state index contributed by atoms with van der Waals surface area (Å²) < 4.78 is 20.3. The van der Waals surface area contributed by atoms with Gasteiger partial charge in [0.25, 0.3) is 11.8 Å². The number of benzene rings is 1. The predicted molar refractivity (Wildman–Crippen MR) is 132 cm³/mol. The van der Waals surface area contributed by atoms with Gasteiger partial charge in [0.05, 0.1) is 24.8 Å². The molecule has 2 heterocycles. The summed E-state index contributed by atoms with van der Waals surface area (Å²) in [7, 11) is 1.56. The second-order valence-corrected chi connectivity index (χ2v) is 9.67. The zero-order chi connectivity index (χ0) is 26.6. The lowest BCUT2D eigenvalue weighted by atomic mass is 9.99. The van der Waals surface area contributed by atoms with Crippen LogP contribution in [0.3, 0.4) is 0 Å². The van der Waals surface area contributed by atoms with Gasteiger partial charge in [-0.1, -0.05) is 30.9 Å². The van der Waals surface area contributed by atoms with Gasteiger partial charge in [0, 0.05) is 31.3 Å². The van der Waals surface area contributed by atoms with E-state index in [9.17, 15) is 24.2 Å². The van der Waals surface area contributed by atoms with Crippen molar-refractivity contribution in [1.82, 2.24) is 14.8 Å². The van der Waals surface area contributed by atoms with Gasteiger partial charge in [0.2, 0.25) is 5.88 Å². The van der Waals surface area contributed by atoms with Crippen molar-refractivity contribution >= 4 is 11.8 Å². The molecule has 0 spiro atoms. The highest BCUT2D eigenvalue weighted by molar-refractivity contribution is 5.97. The van der Waals surface area contributed by atoms with Crippen molar-refractivity contribution in [2.45, 2.75) is 45.4 Å². The second-order valence-electron chi connectivity index (χ2n) is 9.67. The van der Waals surface area contributed by atoms with Crippen molar-refractivity contribution in [3.05, 3.63) is 59.0 Å². The summed E-state index contributed by atoms with van der Waals surface area (Å²) in [5.41, 5.74) is -0.685. The van der Waals surface area contributed by atoms with Gasteiger partial charge in [-0.15, -0.1) is 0 Å². The van der Waals surface area contributed by atoms with Crippen molar-refractivity contribution in [3.63, 3.8) is 0 Å². The van der Waals surface area contributed by atoms with Crippen LogP contribution in [0.1, 0.15) is 54.0 Å². The number of hydrogen-bond donors (Lipinski definition) is 2. The van der Waals surface area contributed by atoms with Crippen LogP contribution in [0.5, 0.6) is 5.88 Å². The van der Waals surface area contributed by atoms with Gasteiger partial charge >= 0.3 is 0 Å². The van der Waals surface area contributed by atoms with Crippen LogP contribution >= 0.6 is 0 Å². The highest BCUT2D eigenvalue weighted by atomic mass is 19.1. The number of rotatable bonds is 5. The average molecular weight is 498 g/mol. The Morgan fingerprint density at radius 3 is 2.72 bits per heavy atom. The fourth-order valence-electron chi connectivity index (χ4n) is 3.81. The Morgan fingerprint density at radius 1 is 1.39 bits per heavy atom. The van der Waals surface area contributed by atoms with Crippen LogP contribution in [0.25, 0.3) is 0 Å². The predicted octanol–water partition coefficient (Wildman–Crippen LogP) is 2.34. The van der Waals surface area contributed by atoms with Crippen molar-refractivity contribution in [3.8, 4) is 17.7 Å². The first-order valence-corrected chi connectivity index (χ1v) is 11.7. The molecule has 192 valence electrons. The number of hydrogen-bond acceptors (Lipinski definition) is 6. The standard InChI is InChI=1S/C27H32FN3O5/c1-17-14-31(18(2)16-32)26(34)21-12-19(10-11-27(3,4)35)13-29-24(21)36-23(17)15-30(5)25(33)20-8-6-7-9-22(20)28/h6-9,12-13,17-18,23,32,35H,14-16H2,1-5H3/t17-,18-,23+/m1/s1. The van der Waals surface area contributed by atoms with Crippen LogP contribution in [0.15, 0.2) is 36.5 Å². The number of halogens is 1. The molecule has 2 amide bonds. The minimum Gasteiger partial charge on any atom is -0.472 e. The molecule has 0 saturated carbocycles. The molecule has 36 heavy (non-hydrogen) atoms. The van der Waals surface area contributed by atoms with Gasteiger partial charge in [-0.05, 0) is 39.0 Å². The van der Waals surface area contributed by atoms with Crippen molar-refractivity contribution < 1.29 is 28.9 Å². The number of carbonyl (C=O) groups is 2. The first-order chi connectivity index (χ1) is 16.9. The molecule has 2 N–H and O–H groups in total. The molecule has 3 rings (SSSR count). The molecule has 8 nitrogen and oxygen atoms in total. The zero-order valence-corrected chi connectivity index (χ0v) is 21.2. The molecule has 0 aliphatic carbocycles. The molecular formula is C27H32FN3O5. The number of pyridine rings is 1. The maximum absolute atomic E-state index is 14.2. The summed E-state index contributed by atoms with van der Waals surface area (Å²) in [6, 6.07) is 6.83. The number of amides is 2. The Bertz CT molecular complexity index is 1180. The third-order valence-corrected chi connectivity index (χ3v) is 5.94. The number of aliphatic hydroxyl groups excluding tert-OH is 1. The minimum atomic E-state index is -1.22. The summed E-state index contributed by atoms with van der Waals surface area (Å²) in [5, 5.41) is 19.7. The lowest BCUT2D eigenvalue weighted by Gasteiger charge is -2.37.